The molecule has 136 valence electrons. The number of nitrogens with one attached hydrogen (secondary N) is 4. The van der Waals surface area contributed by atoms with E-state index in [0.717, 1.165) is 17.7 Å². The summed E-state index contributed by atoms with van der Waals surface area (Å²) in [6.45, 7) is 1.80. The van der Waals surface area contributed by atoms with Gasteiger partial charge in [-0.2, -0.15) is 0 Å². The van der Waals surface area contributed by atoms with Gasteiger partial charge in [0, 0.05) is 18.7 Å². The third-order valence-electron chi connectivity index (χ3n) is 3.66. The van der Waals surface area contributed by atoms with Gasteiger partial charge in [-0.05, 0) is 31.0 Å². The number of likely N-dealkylation sites (N-methyl/N-ethyl adjacent to an activating group) is 1. The molecule has 1 aromatic carbocycles. The molecule has 1 aromatic rings. The number of rotatable bonds is 8. The van der Waals surface area contributed by atoms with E-state index in [-0.39, 0.29) is 30.8 Å². The number of methoxy groups -OCH3 is 1. The number of carbonyl (C=O) groups is 3. The molecule has 0 bridgehead atoms. The summed E-state index contributed by atoms with van der Waals surface area (Å²) in [6, 6.07) is 5.30. The summed E-state index contributed by atoms with van der Waals surface area (Å²) in [5.74, 6) is 0.00732. The molecule has 0 aliphatic heterocycles. The molecule has 3 amide bonds. The molecule has 0 saturated heterocycles. The molecule has 4 N–H and O–H groups in total. The van der Waals surface area contributed by atoms with E-state index in [2.05, 4.69) is 16.0 Å². The van der Waals surface area contributed by atoms with E-state index >= 15 is 0 Å². The maximum atomic E-state index is 12.2. The molecule has 0 heterocycles. The molecule has 8 heteroatoms. The third-order valence-corrected chi connectivity index (χ3v) is 3.66. The van der Waals surface area contributed by atoms with Gasteiger partial charge < -0.3 is 25.6 Å². The van der Waals surface area contributed by atoms with Crippen LogP contribution in [0.25, 0.3) is 0 Å². The number of hydrogen-bond donors (Lipinski definition) is 4. The molecule has 0 aromatic heterocycles. The van der Waals surface area contributed by atoms with Crippen LogP contribution in [0.2, 0.25) is 0 Å². The lowest BCUT2D eigenvalue weighted by atomic mass is 10.2. The average molecular weight is 349 g/mol. The highest BCUT2D eigenvalue weighted by Crippen LogP contribution is 2.27. The van der Waals surface area contributed by atoms with Gasteiger partial charge in [-0.25, -0.2) is 0 Å². The van der Waals surface area contributed by atoms with Crippen molar-refractivity contribution in [3.8, 4) is 5.75 Å². The van der Waals surface area contributed by atoms with Gasteiger partial charge >= 0.3 is 0 Å². The molecule has 1 aliphatic carbocycles. The maximum Gasteiger partial charge on any atom is 0.279 e. The molecule has 0 spiro atoms. The fraction of sp³-hybridized carbons (Fsp3) is 0.471. The summed E-state index contributed by atoms with van der Waals surface area (Å²) in [4.78, 5) is 35.9. The third kappa shape index (κ3) is 6.42. The van der Waals surface area contributed by atoms with Crippen LogP contribution in [-0.2, 0) is 14.4 Å². The molecular formula is C17H25N4O4+. The van der Waals surface area contributed by atoms with Gasteiger partial charge in [-0.3, -0.25) is 14.4 Å². The fourth-order valence-electron chi connectivity index (χ4n) is 2.40. The van der Waals surface area contributed by atoms with Crippen LogP contribution in [0.1, 0.15) is 19.8 Å². The topological polar surface area (TPSA) is 101 Å². The van der Waals surface area contributed by atoms with E-state index in [1.807, 2.05) is 0 Å². The van der Waals surface area contributed by atoms with E-state index in [4.69, 9.17) is 4.74 Å². The second-order valence-corrected chi connectivity index (χ2v) is 6.30. The minimum atomic E-state index is -0.241. The molecular weight excluding hydrogens is 324 g/mol. The number of ether oxygens (including phenoxy) is 1. The number of carbonyl (C=O) groups excluding carboxylic acids is 3. The Morgan fingerprint density at radius 2 is 1.84 bits per heavy atom. The van der Waals surface area contributed by atoms with Crippen molar-refractivity contribution in [3.63, 3.8) is 0 Å². The molecule has 25 heavy (non-hydrogen) atoms. The highest BCUT2D eigenvalue weighted by Gasteiger charge is 2.25. The predicted octanol–water partition coefficient (Wildman–Crippen LogP) is -0.615. The van der Waals surface area contributed by atoms with Crippen LogP contribution >= 0.6 is 0 Å². The summed E-state index contributed by atoms with van der Waals surface area (Å²) in [6.07, 6.45) is 2.07. The zero-order chi connectivity index (χ0) is 18.4. The van der Waals surface area contributed by atoms with Gasteiger partial charge in [0.05, 0.1) is 19.8 Å². The molecule has 0 radical (unpaired) electrons. The van der Waals surface area contributed by atoms with Crippen LogP contribution in [0.3, 0.4) is 0 Å². The lowest BCUT2D eigenvalue weighted by Crippen LogP contribution is -3.11. The highest BCUT2D eigenvalue weighted by atomic mass is 16.5. The molecule has 1 aliphatic rings. The lowest BCUT2D eigenvalue weighted by Gasteiger charge is -2.15. The van der Waals surface area contributed by atoms with Gasteiger partial charge in [0.15, 0.2) is 13.1 Å². The first kappa shape index (κ1) is 18.7. The second-order valence-electron chi connectivity index (χ2n) is 6.30. The zero-order valence-corrected chi connectivity index (χ0v) is 14.8. The molecule has 1 atom stereocenters. The van der Waals surface area contributed by atoms with E-state index in [0.29, 0.717) is 23.2 Å². The van der Waals surface area contributed by atoms with Crippen LogP contribution in [0.4, 0.5) is 11.4 Å². The summed E-state index contributed by atoms with van der Waals surface area (Å²) in [5, 5.41) is 8.32. The summed E-state index contributed by atoms with van der Waals surface area (Å²) < 4.78 is 5.23. The Hall–Kier alpha value is -2.61. The quantitative estimate of drug-likeness (QED) is 0.503. The Morgan fingerprint density at radius 3 is 2.44 bits per heavy atom. The summed E-state index contributed by atoms with van der Waals surface area (Å²) in [7, 11) is 3.29. The fourth-order valence-corrected chi connectivity index (χ4v) is 2.40. The van der Waals surface area contributed by atoms with Crippen molar-refractivity contribution >= 4 is 29.1 Å². The van der Waals surface area contributed by atoms with Crippen molar-refractivity contribution in [2.45, 2.75) is 25.8 Å². The van der Waals surface area contributed by atoms with E-state index in [1.165, 1.54) is 14.0 Å². The van der Waals surface area contributed by atoms with Gasteiger partial charge in [-0.15, -0.1) is 0 Å². The van der Waals surface area contributed by atoms with Crippen LogP contribution in [-0.4, -0.2) is 51.0 Å². The van der Waals surface area contributed by atoms with Gasteiger partial charge in [0.25, 0.3) is 11.8 Å². The van der Waals surface area contributed by atoms with Crippen molar-refractivity contribution in [3.05, 3.63) is 18.2 Å². The largest absolute Gasteiger partial charge is 0.495 e. The van der Waals surface area contributed by atoms with Crippen molar-refractivity contribution in [2.24, 2.45) is 0 Å². The number of hydrogen-bond acceptors (Lipinski definition) is 4. The normalized spacial score (nSPS) is 14.4. The van der Waals surface area contributed by atoms with Crippen molar-refractivity contribution < 1.29 is 24.0 Å². The minimum absolute atomic E-state index is 0.0435. The van der Waals surface area contributed by atoms with Gasteiger partial charge in [-0.1, -0.05) is 0 Å². The van der Waals surface area contributed by atoms with Gasteiger partial charge in [0.2, 0.25) is 5.91 Å². The van der Waals surface area contributed by atoms with Gasteiger partial charge in [0.1, 0.15) is 5.75 Å². The zero-order valence-electron chi connectivity index (χ0n) is 14.8. The monoisotopic (exact) mass is 349 g/mol. The summed E-state index contributed by atoms with van der Waals surface area (Å²) in [5.41, 5.74) is 1.03. The number of anilines is 2. The summed E-state index contributed by atoms with van der Waals surface area (Å²) >= 11 is 0. The second kappa shape index (κ2) is 8.48. The standard InChI is InChI=1S/C17H24N4O4/c1-11(22)18-13-6-7-15(25-3)14(8-13)20-17(24)10-21(2)9-16(23)19-12-4-5-12/h6-8,12H,4-5,9-10H2,1-3H3,(H,18,22)(H,19,23)(H,20,24)/p+1. The molecule has 8 nitrogen and oxygen atoms in total. The van der Waals surface area contributed by atoms with Crippen molar-refractivity contribution in [1.29, 1.82) is 0 Å². The predicted molar refractivity (Wildman–Crippen MR) is 93.7 cm³/mol. The first-order valence-electron chi connectivity index (χ1n) is 8.23. The highest BCUT2D eigenvalue weighted by molar-refractivity contribution is 5.95. The van der Waals surface area contributed by atoms with Crippen LogP contribution in [0, 0.1) is 0 Å². The first-order valence-corrected chi connectivity index (χ1v) is 8.23. The maximum absolute atomic E-state index is 12.2. The SMILES string of the molecule is COc1ccc(NC(C)=O)cc1NC(=O)C[NH+](C)CC(=O)NC1CC1. The Morgan fingerprint density at radius 1 is 1.16 bits per heavy atom. The smallest absolute Gasteiger partial charge is 0.279 e. The molecule has 1 unspecified atom stereocenters. The van der Waals surface area contributed by atoms with Crippen molar-refractivity contribution in [2.75, 3.05) is 37.9 Å². The Bertz CT molecular complexity index is 658. The van der Waals surface area contributed by atoms with Crippen LogP contribution in [0.5, 0.6) is 5.75 Å². The Balaban J connectivity index is 1.91. The van der Waals surface area contributed by atoms with E-state index in [1.54, 1.807) is 25.2 Å². The van der Waals surface area contributed by atoms with Crippen LogP contribution < -0.4 is 25.6 Å². The van der Waals surface area contributed by atoms with Crippen LogP contribution in [0.15, 0.2) is 18.2 Å². The Labute approximate surface area is 146 Å². The number of quaternary nitrogens is 1. The van der Waals surface area contributed by atoms with E-state index < -0.39 is 0 Å². The Kier molecular flexibility index (Phi) is 6.35. The average Bonchev–Trinajstić information content (AvgIpc) is 3.30. The van der Waals surface area contributed by atoms with Crippen molar-refractivity contribution in [1.82, 2.24) is 5.32 Å². The number of benzene rings is 1. The molecule has 1 fully saturated rings. The molecule has 2 rings (SSSR count). The minimum Gasteiger partial charge on any atom is -0.495 e. The first-order chi connectivity index (χ1) is 11.9. The molecule has 1 saturated carbocycles. The number of amides is 3. The lowest BCUT2D eigenvalue weighted by molar-refractivity contribution is -0.862. The van der Waals surface area contributed by atoms with E-state index in [9.17, 15) is 14.4 Å².